The summed E-state index contributed by atoms with van der Waals surface area (Å²) in [5.74, 6) is 1.77. The maximum atomic E-state index is 11.8. The van der Waals surface area contributed by atoms with Gasteiger partial charge in [-0.3, -0.25) is 4.79 Å². The summed E-state index contributed by atoms with van der Waals surface area (Å²) < 4.78 is 5.26. The second-order valence-electron chi connectivity index (χ2n) is 4.86. The summed E-state index contributed by atoms with van der Waals surface area (Å²) in [6.07, 6.45) is 2.80. The molecule has 1 aromatic heterocycles. The number of nitrogens with zero attached hydrogens (tertiary/aromatic N) is 1. The highest BCUT2D eigenvalue weighted by molar-refractivity contribution is 6.18. The lowest BCUT2D eigenvalue weighted by Crippen LogP contribution is -2.33. The molecule has 0 aromatic carbocycles. The van der Waals surface area contributed by atoms with E-state index in [2.05, 4.69) is 0 Å². The van der Waals surface area contributed by atoms with Crippen LogP contribution in [0.25, 0.3) is 0 Å². The number of aliphatic hydroxyl groups excluding tert-OH is 1. The van der Waals surface area contributed by atoms with Gasteiger partial charge in [0.1, 0.15) is 5.76 Å². The van der Waals surface area contributed by atoms with Crippen molar-refractivity contribution in [2.24, 2.45) is 11.8 Å². The molecule has 100 valence electrons. The quantitative estimate of drug-likeness (QED) is 0.798. The number of hydrogen-bond donors (Lipinski definition) is 1. The van der Waals surface area contributed by atoms with Crippen molar-refractivity contribution in [1.29, 1.82) is 0 Å². The van der Waals surface area contributed by atoms with Gasteiger partial charge in [0.05, 0.1) is 6.26 Å². The molecule has 1 aliphatic rings. The van der Waals surface area contributed by atoms with Crippen molar-refractivity contribution < 1.29 is 14.3 Å². The summed E-state index contributed by atoms with van der Waals surface area (Å²) in [5.41, 5.74) is 0. The standard InChI is InChI=1S/C13H18ClNO3/c14-6-10-5-13(17)15(7-10)8-11(9-16)4-12-2-1-3-18-12/h1-3,10-11,16H,4-9H2. The van der Waals surface area contributed by atoms with Gasteiger partial charge in [0.2, 0.25) is 5.91 Å². The Morgan fingerprint density at radius 3 is 3.00 bits per heavy atom. The number of likely N-dealkylation sites (tertiary alicyclic amines) is 1. The second kappa shape index (κ2) is 6.25. The predicted octanol–water partition coefficient (Wildman–Crippen LogP) is 1.52. The molecule has 1 aliphatic heterocycles. The van der Waals surface area contributed by atoms with Crippen molar-refractivity contribution in [3.8, 4) is 0 Å². The number of aliphatic hydroxyl groups is 1. The largest absolute Gasteiger partial charge is 0.469 e. The van der Waals surface area contributed by atoms with Crippen LogP contribution in [0, 0.1) is 11.8 Å². The first kappa shape index (κ1) is 13.4. The highest BCUT2D eigenvalue weighted by Crippen LogP contribution is 2.21. The minimum absolute atomic E-state index is 0.0224. The van der Waals surface area contributed by atoms with E-state index in [1.165, 1.54) is 0 Å². The molecule has 1 amide bonds. The first-order valence-corrected chi connectivity index (χ1v) is 6.73. The molecule has 0 spiro atoms. The molecule has 2 unspecified atom stereocenters. The van der Waals surface area contributed by atoms with Gasteiger partial charge in [0.15, 0.2) is 0 Å². The van der Waals surface area contributed by atoms with Gasteiger partial charge >= 0.3 is 0 Å². The van der Waals surface area contributed by atoms with Crippen LogP contribution in [-0.2, 0) is 11.2 Å². The number of furan rings is 1. The van der Waals surface area contributed by atoms with Gasteiger partial charge in [-0.05, 0) is 18.1 Å². The van der Waals surface area contributed by atoms with Crippen LogP contribution in [0.5, 0.6) is 0 Å². The van der Waals surface area contributed by atoms with Crippen LogP contribution < -0.4 is 0 Å². The Labute approximate surface area is 112 Å². The van der Waals surface area contributed by atoms with Gasteiger partial charge in [-0.2, -0.15) is 0 Å². The van der Waals surface area contributed by atoms with Crippen molar-refractivity contribution >= 4 is 17.5 Å². The molecule has 1 aromatic rings. The van der Waals surface area contributed by atoms with E-state index in [0.29, 0.717) is 31.8 Å². The van der Waals surface area contributed by atoms with E-state index in [9.17, 15) is 9.90 Å². The summed E-state index contributed by atoms with van der Waals surface area (Å²) in [4.78, 5) is 13.6. The molecule has 0 radical (unpaired) electrons. The number of hydrogen-bond acceptors (Lipinski definition) is 3. The summed E-state index contributed by atoms with van der Waals surface area (Å²) >= 11 is 5.78. The van der Waals surface area contributed by atoms with E-state index in [1.54, 1.807) is 11.2 Å². The maximum absolute atomic E-state index is 11.8. The van der Waals surface area contributed by atoms with Crippen molar-refractivity contribution in [2.75, 3.05) is 25.6 Å². The molecule has 1 fully saturated rings. The highest BCUT2D eigenvalue weighted by Gasteiger charge is 2.30. The summed E-state index contributed by atoms with van der Waals surface area (Å²) in [6.45, 7) is 1.33. The fourth-order valence-electron chi connectivity index (χ4n) is 2.35. The zero-order valence-electron chi connectivity index (χ0n) is 10.2. The Morgan fingerprint density at radius 1 is 1.61 bits per heavy atom. The van der Waals surface area contributed by atoms with Crippen LogP contribution in [0.15, 0.2) is 22.8 Å². The number of carbonyl (C=O) groups excluding carboxylic acids is 1. The van der Waals surface area contributed by atoms with E-state index < -0.39 is 0 Å². The third kappa shape index (κ3) is 3.27. The smallest absolute Gasteiger partial charge is 0.222 e. The molecule has 1 N–H and O–H groups in total. The zero-order valence-corrected chi connectivity index (χ0v) is 11.0. The Kier molecular flexibility index (Phi) is 4.66. The monoisotopic (exact) mass is 271 g/mol. The lowest BCUT2D eigenvalue weighted by atomic mass is 10.0. The fourth-order valence-corrected chi connectivity index (χ4v) is 2.55. The third-order valence-corrected chi connectivity index (χ3v) is 3.76. The van der Waals surface area contributed by atoms with Gasteiger partial charge in [0, 0.05) is 44.3 Å². The van der Waals surface area contributed by atoms with Crippen molar-refractivity contribution in [3.63, 3.8) is 0 Å². The average Bonchev–Trinajstić information content (AvgIpc) is 2.99. The number of carbonyl (C=O) groups is 1. The predicted molar refractivity (Wildman–Crippen MR) is 68.4 cm³/mol. The SMILES string of the molecule is O=C1CC(CCl)CN1CC(CO)Cc1ccco1. The number of alkyl halides is 1. The van der Waals surface area contributed by atoms with Gasteiger partial charge < -0.3 is 14.4 Å². The highest BCUT2D eigenvalue weighted by atomic mass is 35.5. The van der Waals surface area contributed by atoms with E-state index in [-0.39, 0.29) is 24.3 Å². The van der Waals surface area contributed by atoms with Crippen molar-refractivity contribution in [1.82, 2.24) is 4.90 Å². The molecular formula is C13H18ClNO3. The third-order valence-electron chi connectivity index (χ3n) is 3.32. The van der Waals surface area contributed by atoms with E-state index >= 15 is 0 Å². The maximum Gasteiger partial charge on any atom is 0.222 e. The van der Waals surface area contributed by atoms with Crippen LogP contribution in [-0.4, -0.2) is 41.5 Å². The minimum atomic E-state index is 0.0224. The van der Waals surface area contributed by atoms with Crippen LogP contribution in [0.3, 0.4) is 0 Å². The van der Waals surface area contributed by atoms with Gasteiger partial charge in [-0.15, -0.1) is 11.6 Å². The van der Waals surface area contributed by atoms with Crippen LogP contribution in [0.4, 0.5) is 0 Å². The first-order valence-electron chi connectivity index (χ1n) is 6.20. The molecule has 18 heavy (non-hydrogen) atoms. The van der Waals surface area contributed by atoms with E-state index in [4.69, 9.17) is 16.0 Å². The van der Waals surface area contributed by atoms with Crippen LogP contribution >= 0.6 is 11.6 Å². The number of amides is 1. The lowest BCUT2D eigenvalue weighted by Gasteiger charge is -2.22. The number of halogens is 1. The van der Waals surface area contributed by atoms with Crippen molar-refractivity contribution in [2.45, 2.75) is 12.8 Å². The van der Waals surface area contributed by atoms with Crippen LogP contribution in [0.1, 0.15) is 12.2 Å². The number of rotatable bonds is 6. The van der Waals surface area contributed by atoms with Crippen molar-refractivity contribution in [3.05, 3.63) is 24.2 Å². The fraction of sp³-hybridized carbons (Fsp3) is 0.615. The molecule has 0 bridgehead atoms. The van der Waals surface area contributed by atoms with Gasteiger partial charge in [0.25, 0.3) is 0 Å². The average molecular weight is 272 g/mol. The molecule has 0 saturated carbocycles. The second-order valence-corrected chi connectivity index (χ2v) is 5.16. The molecular weight excluding hydrogens is 254 g/mol. The van der Waals surface area contributed by atoms with E-state index in [0.717, 1.165) is 5.76 Å². The molecule has 2 atom stereocenters. The molecule has 5 heteroatoms. The molecule has 0 aliphatic carbocycles. The Bertz CT molecular complexity index is 380. The molecule has 2 heterocycles. The van der Waals surface area contributed by atoms with Gasteiger partial charge in [-0.25, -0.2) is 0 Å². The Morgan fingerprint density at radius 2 is 2.44 bits per heavy atom. The zero-order chi connectivity index (χ0) is 13.0. The van der Waals surface area contributed by atoms with Crippen LogP contribution in [0.2, 0.25) is 0 Å². The normalized spacial score (nSPS) is 21.6. The van der Waals surface area contributed by atoms with Gasteiger partial charge in [-0.1, -0.05) is 0 Å². The first-order chi connectivity index (χ1) is 8.72. The Hall–Kier alpha value is -1.00. The van der Waals surface area contributed by atoms with E-state index in [1.807, 2.05) is 12.1 Å². The summed E-state index contributed by atoms with van der Waals surface area (Å²) in [6, 6.07) is 3.71. The topological polar surface area (TPSA) is 53.7 Å². The molecule has 2 rings (SSSR count). The summed E-state index contributed by atoms with van der Waals surface area (Å²) in [7, 11) is 0. The lowest BCUT2D eigenvalue weighted by molar-refractivity contribution is -0.128. The Balaban J connectivity index is 1.88. The molecule has 1 saturated heterocycles. The summed E-state index contributed by atoms with van der Waals surface area (Å²) in [5, 5.41) is 9.39. The minimum Gasteiger partial charge on any atom is -0.469 e. The molecule has 4 nitrogen and oxygen atoms in total.